The van der Waals surface area contributed by atoms with Crippen molar-refractivity contribution in [3.05, 3.63) is 64.7 Å². The Hall–Kier alpha value is -2.66. The fourth-order valence-corrected chi connectivity index (χ4v) is 3.64. The molecule has 3 rings (SSSR count). The zero-order valence-corrected chi connectivity index (χ0v) is 17.2. The number of halogens is 1. The van der Waals surface area contributed by atoms with Gasteiger partial charge in [0.25, 0.3) is 11.8 Å². The second-order valence-electron chi connectivity index (χ2n) is 7.98. The standard InChI is InChI=1S/C22H23ClN2O3/c1-14-6-5-7-15(12-14)20(27)25(22(2,3)4)18-13-19(26)24(21(18)28)17-10-8-16(23)9-11-17/h5-12,18H,13H2,1-4H3. The first-order valence-electron chi connectivity index (χ1n) is 9.12. The van der Waals surface area contributed by atoms with Gasteiger partial charge in [-0.1, -0.05) is 29.3 Å². The Morgan fingerprint density at radius 3 is 2.32 bits per heavy atom. The summed E-state index contributed by atoms with van der Waals surface area (Å²) in [4.78, 5) is 41.8. The van der Waals surface area contributed by atoms with E-state index >= 15 is 0 Å². The van der Waals surface area contributed by atoms with Crippen molar-refractivity contribution in [2.75, 3.05) is 4.90 Å². The van der Waals surface area contributed by atoms with Gasteiger partial charge < -0.3 is 4.90 Å². The molecule has 0 aromatic heterocycles. The van der Waals surface area contributed by atoms with Gasteiger partial charge in [-0.15, -0.1) is 0 Å². The Labute approximate surface area is 169 Å². The first kappa shape index (κ1) is 20.1. The van der Waals surface area contributed by atoms with Crippen molar-refractivity contribution in [2.45, 2.75) is 45.7 Å². The Morgan fingerprint density at radius 2 is 1.75 bits per heavy atom. The minimum absolute atomic E-state index is 0.0454. The van der Waals surface area contributed by atoms with Crippen molar-refractivity contribution in [3.63, 3.8) is 0 Å². The molecule has 2 aromatic rings. The average Bonchev–Trinajstić information content (AvgIpc) is 2.89. The minimum atomic E-state index is -0.851. The summed E-state index contributed by atoms with van der Waals surface area (Å²) in [7, 11) is 0. The number of benzene rings is 2. The predicted molar refractivity (Wildman–Crippen MR) is 109 cm³/mol. The van der Waals surface area contributed by atoms with Crippen LogP contribution < -0.4 is 4.90 Å². The van der Waals surface area contributed by atoms with Crippen LogP contribution >= 0.6 is 11.6 Å². The third kappa shape index (κ3) is 3.80. The Kier molecular flexibility index (Phi) is 5.31. The van der Waals surface area contributed by atoms with Crippen molar-refractivity contribution >= 4 is 35.0 Å². The number of imide groups is 1. The van der Waals surface area contributed by atoms with E-state index in [0.717, 1.165) is 10.5 Å². The van der Waals surface area contributed by atoms with Crippen LogP contribution in [0.3, 0.4) is 0 Å². The zero-order chi connectivity index (χ0) is 20.6. The van der Waals surface area contributed by atoms with E-state index in [1.165, 1.54) is 4.90 Å². The Balaban J connectivity index is 1.98. The highest BCUT2D eigenvalue weighted by Crippen LogP contribution is 2.31. The SMILES string of the molecule is Cc1cccc(C(=O)N(C2CC(=O)N(c3ccc(Cl)cc3)C2=O)C(C)(C)C)c1. The van der Waals surface area contributed by atoms with Gasteiger partial charge in [0, 0.05) is 16.1 Å². The number of amides is 3. The molecule has 146 valence electrons. The monoisotopic (exact) mass is 398 g/mol. The van der Waals surface area contributed by atoms with Crippen LogP contribution in [0.2, 0.25) is 5.02 Å². The Morgan fingerprint density at radius 1 is 1.11 bits per heavy atom. The van der Waals surface area contributed by atoms with Crippen LogP contribution in [0.5, 0.6) is 0 Å². The molecule has 0 aliphatic carbocycles. The molecule has 0 bridgehead atoms. The summed E-state index contributed by atoms with van der Waals surface area (Å²) < 4.78 is 0. The van der Waals surface area contributed by atoms with Crippen LogP contribution in [0.1, 0.15) is 43.1 Å². The van der Waals surface area contributed by atoms with E-state index in [1.54, 1.807) is 36.4 Å². The van der Waals surface area contributed by atoms with Crippen LogP contribution in [-0.2, 0) is 9.59 Å². The fourth-order valence-electron chi connectivity index (χ4n) is 3.51. The van der Waals surface area contributed by atoms with Crippen LogP contribution in [0.15, 0.2) is 48.5 Å². The van der Waals surface area contributed by atoms with Crippen LogP contribution in [0, 0.1) is 6.92 Å². The van der Waals surface area contributed by atoms with E-state index in [2.05, 4.69) is 0 Å². The average molecular weight is 399 g/mol. The molecule has 0 N–H and O–H groups in total. The van der Waals surface area contributed by atoms with Gasteiger partial charge in [0.1, 0.15) is 6.04 Å². The highest BCUT2D eigenvalue weighted by Gasteiger charge is 2.47. The molecular weight excluding hydrogens is 376 g/mol. The summed E-state index contributed by atoms with van der Waals surface area (Å²) in [5.74, 6) is -0.993. The van der Waals surface area contributed by atoms with E-state index < -0.39 is 17.5 Å². The number of carbonyl (C=O) groups is 3. The number of nitrogens with zero attached hydrogens (tertiary/aromatic N) is 2. The summed E-state index contributed by atoms with van der Waals surface area (Å²) >= 11 is 5.91. The van der Waals surface area contributed by atoms with Gasteiger partial charge in [-0.2, -0.15) is 0 Å². The molecule has 0 spiro atoms. The summed E-state index contributed by atoms with van der Waals surface area (Å²) in [6.45, 7) is 7.50. The lowest BCUT2D eigenvalue weighted by Gasteiger charge is -2.39. The maximum absolute atomic E-state index is 13.3. The van der Waals surface area contributed by atoms with Crippen LogP contribution in [0.25, 0.3) is 0 Å². The minimum Gasteiger partial charge on any atom is -0.321 e. The first-order chi connectivity index (χ1) is 13.1. The molecule has 0 radical (unpaired) electrons. The van der Waals surface area contributed by atoms with Gasteiger partial charge in [-0.25, -0.2) is 4.90 Å². The molecule has 3 amide bonds. The number of carbonyl (C=O) groups excluding carboxylic acids is 3. The fraction of sp³-hybridized carbons (Fsp3) is 0.318. The number of aryl methyl sites for hydroxylation is 1. The highest BCUT2D eigenvalue weighted by atomic mass is 35.5. The van der Waals surface area contributed by atoms with Crippen LogP contribution in [0.4, 0.5) is 5.69 Å². The van der Waals surface area contributed by atoms with Crippen molar-refractivity contribution in [2.24, 2.45) is 0 Å². The molecule has 1 atom stereocenters. The topological polar surface area (TPSA) is 57.7 Å². The number of rotatable bonds is 3. The van der Waals surface area contributed by atoms with Gasteiger partial charge >= 0.3 is 0 Å². The molecule has 1 unspecified atom stereocenters. The zero-order valence-electron chi connectivity index (χ0n) is 16.4. The molecule has 1 aliphatic heterocycles. The largest absolute Gasteiger partial charge is 0.321 e. The summed E-state index contributed by atoms with van der Waals surface area (Å²) in [6.07, 6.45) is -0.0454. The highest BCUT2D eigenvalue weighted by molar-refractivity contribution is 6.31. The third-order valence-electron chi connectivity index (χ3n) is 4.73. The van der Waals surface area contributed by atoms with E-state index in [-0.39, 0.29) is 18.2 Å². The quantitative estimate of drug-likeness (QED) is 0.727. The van der Waals surface area contributed by atoms with E-state index in [4.69, 9.17) is 11.6 Å². The molecule has 28 heavy (non-hydrogen) atoms. The smallest absolute Gasteiger partial charge is 0.257 e. The van der Waals surface area contributed by atoms with Gasteiger partial charge in [0.05, 0.1) is 12.1 Å². The summed E-state index contributed by atoms with van der Waals surface area (Å²) in [5.41, 5.74) is 1.27. The lowest BCUT2D eigenvalue weighted by atomic mass is 9.99. The molecule has 1 aliphatic rings. The van der Waals surface area contributed by atoms with Gasteiger partial charge in [-0.05, 0) is 64.1 Å². The molecule has 1 fully saturated rings. The third-order valence-corrected chi connectivity index (χ3v) is 4.98. The maximum Gasteiger partial charge on any atom is 0.257 e. The predicted octanol–water partition coefficient (Wildman–Crippen LogP) is 4.22. The second-order valence-corrected chi connectivity index (χ2v) is 8.42. The molecule has 6 heteroatoms. The lowest BCUT2D eigenvalue weighted by molar-refractivity contribution is -0.123. The molecule has 2 aromatic carbocycles. The number of anilines is 1. The molecule has 1 saturated heterocycles. The summed E-state index contributed by atoms with van der Waals surface area (Å²) in [5, 5.41) is 0.519. The van der Waals surface area contributed by atoms with Crippen molar-refractivity contribution < 1.29 is 14.4 Å². The van der Waals surface area contributed by atoms with Gasteiger partial charge in [0.2, 0.25) is 5.91 Å². The van der Waals surface area contributed by atoms with Gasteiger partial charge in [-0.3, -0.25) is 14.4 Å². The van der Waals surface area contributed by atoms with E-state index in [1.807, 2.05) is 39.8 Å². The van der Waals surface area contributed by atoms with Crippen molar-refractivity contribution in [1.29, 1.82) is 0 Å². The van der Waals surface area contributed by atoms with Crippen molar-refractivity contribution in [1.82, 2.24) is 4.90 Å². The molecule has 0 saturated carbocycles. The molecule has 1 heterocycles. The van der Waals surface area contributed by atoms with Crippen LogP contribution in [-0.4, -0.2) is 34.2 Å². The van der Waals surface area contributed by atoms with E-state index in [0.29, 0.717) is 16.3 Å². The number of hydrogen-bond donors (Lipinski definition) is 0. The van der Waals surface area contributed by atoms with Crippen molar-refractivity contribution in [3.8, 4) is 0 Å². The number of hydrogen-bond acceptors (Lipinski definition) is 3. The molecular formula is C22H23ClN2O3. The normalized spacial score (nSPS) is 17.2. The van der Waals surface area contributed by atoms with Gasteiger partial charge in [0.15, 0.2) is 0 Å². The maximum atomic E-state index is 13.3. The summed E-state index contributed by atoms with van der Waals surface area (Å²) in [6, 6.07) is 12.9. The lowest BCUT2D eigenvalue weighted by Crippen LogP contribution is -2.54. The Bertz CT molecular complexity index is 932. The first-order valence-corrected chi connectivity index (χ1v) is 9.50. The second kappa shape index (κ2) is 7.40. The van der Waals surface area contributed by atoms with E-state index in [9.17, 15) is 14.4 Å². The molecule has 5 nitrogen and oxygen atoms in total.